The van der Waals surface area contributed by atoms with Crippen molar-refractivity contribution in [3.63, 3.8) is 0 Å². The molecule has 0 bridgehead atoms. The molecule has 98 valence electrons. The summed E-state index contributed by atoms with van der Waals surface area (Å²) in [7, 11) is 0. The monoisotopic (exact) mass is 250 g/mol. The molecule has 2 N–H and O–H groups in total. The SMILES string of the molecule is CCC(C)C(NC(=O)c1cncc(C)c1)C(=O)O. The highest BCUT2D eigenvalue weighted by atomic mass is 16.4. The lowest BCUT2D eigenvalue weighted by atomic mass is 9.99. The van der Waals surface area contributed by atoms with Gasteiger partial charge in [-0.15, -0.1) is 0 Å². The van der Waals surface area contributed by atoms with Gasteiger partial charge in [0, 0.05) is 12.4 Å². The fourth-order valence-electron chi connectivity index (χ4n) is 1.59. The van der Waals surface area contributed by atoms with Gasteiger partial charge >= 0.3 is 5.97 Å². The van der Waals surface area contributed by atoms with Crippen molar-refractivity contribution in [3.05, 3.63) is 29.6 Å². The van der Waals surface area contributed by atoms with Crippen molar-refractivity contribution in [3.8, 4) is 0 Å². The second-order valence-corrected chi connectivity index (χ2v) is 4.43. The predicted molar refractivity (Wildman–Crippen MR) is 67.3 cm³/mol. The first-order valence-electron chi connectivity index (χ1n) is 5.91. The van der Waals surface area contributed by atoms with Gasteiger partial charge in [-0.05, 0) is 24.5 Å². The molecule has 0 fully saturated rings. The summed E-state index contributed by atoms with van der Waals surface area (Å²) in [5.74, 6) is -1.54. The van der Waals surface area contributed by atoms with Gasteiger partial charge in [0.1, 0.15) is 6.04 Å². The Labute approximate surface area is 106 Å². The van der Waals surface area contributed by atoms with Crippen LogP contribution in [0.3, 0.4) is 0 Å². The second kappa shape index (κ2) is 6.14. The molecule has 0 aliphatic rings. The number of hydrogen-bond donors (Lipinski definition) is 2. The smallest absolute Gasteiger partial charge is 0.326 e. The Balaban J connectivity index is 2.82. The highest BCUT2D eigenvalue weighted by Crippen LogP contribution is 2.09. The third-order valence-electron chi connectivity index (χ3n) is 2.90. The lowest BCUT2D eigenvalue weighted by molar-refractivity contribution is -0.140. The van der Waals surface area contributed by atoms with E-state index in [0.29, 0.717) is 12.0 Å². The first kappa shape index (κ1) is 14.2. The first-order valence-corrected chi connectivity index (χ1v) is 5.91. The number of carbonyl (C=O) groups excluding carboxylic acids is 1. The van der Waals surface area contributed by atoms with Crippen LogP contribution in [0.1, 0.15) is 36.2 Å². The minimum Gasteiger partial charge on any atom is -0.480 e. The third-order valence-corrected chi connectivity index (χ3v) is 2.90. The van der Waals surface area contributed by atoms with Crippen molar-refractivity contribution in [2.75, 3.05) is 0 Å². The number of nitrogens with zero attached hydrogens (tertiary/aromatic N) is 1. The van der Waals surface area contributed by atoms with Crippen LogP contribution in [0.4, 0.5) is 0 Å². The number of carboxylic acid groups (broad SMARTS) is 1. The van der Waals surface area contributed by atoms with Gasteiger partial charge in [0.15, 0.2) is 0 Å². The van der Waals surface area contributed by atoms with E-state index in [1.165, 1.54) is 6.20 Å². The van der Waals surface area contributed by atoms with E-state index < -0.39 is 17.9 Å². The van der Waals surface area contributed by atoms with Crippen LogP contribution in [0.15, 0.2) is 18.5 Å². The number of aromatic nitrogens is 1. The van der Waals surface area contributed by atoms with Crippen molar-refractivity contribution in [2.45, 2.75) is 33.2 Å². The van der Waals surface area contributed by atoms with E-state index in [-0.39, 0.29) is 5.92 Å². The van der Waals surface area contributed by atoms with Gasteiger partial charge in [-0.1, -0.05) is 20.3 Å². The van der Waals surface area contributed by atoms with Gasteiger partial charge in [0.25, 0.3) is 5.91 Å². The number of aryl methyl sites for hydroxylation is 1. The van der Waals surface area contributed by atoms with E-state index in [2.05, 4.69) is 10.3 Å². The van der Waals surface area contributed by atoms with Gasteiger partial charge < -0.3 is 10.4 Å². The zero-order valence-electron chi connectivity index (χ0n) is 10.8. The Bertz CT molecular complexity index is 446. The zero-order valence-corrected chi connectivity index (χ0v) is 10.8. The van der Waals surface area contributed by atoms with Gasteiger partial charge in [-0.3, -0.25) is 9.78 Å². The number of hydrogen-bond acceptors (Lipinski definition) is 3. The molecule has 1 amide bonds. The molecule has 1 rings (SSSR count). The maximum Gasteiger partial charge on any atom is 0.326 e. The molecule has 5 nitrogen and oxygen atoms in total. The molecule has 2 unspecified atom stereocenters. The van der Waals surface area contributed by atoms with Crippen molar-refractivity contribution in [2.24, 2.45) is 5.92 Å². The van der Waals surface area contributed by atoms with E-state index in [1.54, 1.807) is 19.2 Å². The van der Waals surface area contributed by atoms with Crippen molar-refractivity contribution >= 4 is 11.9 Å². The average Bonchev–Trinajstić information content (AvgIpc) is 2.34. The summed E-state index contributed by atoms with van der Waals surface area (Å²) in [6, 6.07) is 0.806. The standard InChI is InChI=1S/C13H18N2O3/c1-4-9(3)11(13(17)18)15-12(16)10-5-8(2)6-14-7-10/h5-7,9,11H,4H2,1-3H3,(H,15,16)(H,17,18). The van der Waals surface area contributed by atoms with Crippen molar-refractivity contribution in [1.82, 2.24) is 10.3 Å². The molecule has 0 aliphatic heterocycles. The number of aliphatic carboxylic acids is 1. The first-order chi connectivity index (χ1) is 8.45. The van der Waals surface area contributed by atoms with Crippen LogP contribution in [-0.4, -0.2) is 28.0 Å². The third kappa shape index (κ3) is 3.55. The molecule has 1 aromatic rings. The number of amides is 1. The Hall–Kier alpha value is -1.91. The Morgan fingerprint density at radius 2 is 2.11 bits per heavy atom. The van der Waals surface area contributed by atoms with E-state index in [4.69, 9.17) is 5.11 Å². The summed E-state index contributed by atoms with van der Waals surface area (Å²) in [5, 5.41) is 11.6. The van der Waals surface area contributed by atoms with Crippen LogP contribution in [0.5, 0.6) is 0 Å². The molecule has 1 heterocycles. The van der Waals surface area contributed by atoms with Crippen LogP contribution in [-0.2, 0) is 4.79 Å². The van der Waals surface area contributed by atoms with Crippen LogP contribution in [0.2, 0.25) is 0 Å². The van der Waals surface area contributed by atoms with Crippen molar-refractivity contribution in [1.29, 1.82) is 0 Å². The van der Waals surface area contributed by atoms with Gasteiger partial charge in [0.05, 0.1) is 5.56 Å². The van der Waals surface area contributed by atoms with Crippen molar-refractivity contribution < 1.29 is 14.7 Å². The van der Waals surface area contributed by atoms with Crippen LogP contribution in [0.25, 0.3) is 0 Å². The van der Waals surface area contributed by atoms with Crippen LogP contribution < -0.4 is 5.32 Å². The lowest BCUT2D eigenvalue weighted by Crippen LogP contribution is -2.45. The summed E-state index contributed by atoms with van der Waals surface area (Å²) in [4.78, 5) is 26.9. The van der Waals surface area contributed by atoms with E-state index in [9.17, 15) is 9.59 Å². The molecule has 0 aliphatic carbocycles. The second-order valence-electron chi connectivity index (χ2n) is 4.43. The maximum absolute atomic E-state index is 11.9. The van der Waals surface area contributed by atoms with E-state index in [1.807, 2.05) is 13.8 Å². The highest BCUT2D eigenvalue weighted by Gasteiger charge is 2.25. The number of nitrogens with one attached hydrogen (secondary N) is 1. The maximum atomic E-state index is 11.9. The summed E-state index contributed by atoms with van der Waals surface area (Å²) in [6.45, 7) is 5.52. The molecule has 0 radical (unpaired) electrons. The lowest BCUT2D eigenvalue weighted by Gasteiger charge is -2.20. The fraction of sp³-hybridized carbons (Fsp3) is 0.462. The molecule has 1 aromatic heterocycles. The summed E-state index contributed by atoms with van der Waals surface area (Å²) in [5.41, 5.74) is 1.24. The topological polar surface area (TPSA) is 79.3 Å². The molecule has 18 heavy (non-hydrogen) atoms. The fourth-order valence-corrected chi connectivity index (χ4v) is 1.59. The van der Waals surface area contributed by atoms with Gasteiger partial charge in [-0.2, -0.15) is 0 Å². The quantitative estimate of drug-likeness (QED) is 0.832. The van der Waals surface area contributed by atoms with Crippen LogP contribution in [0, 0.1) is 12.8 Å². The summed E-state index contributed by atoms with van der Waals surface area (Å²) >= 11 is 0. The van der Waals surface area contributed by atoms with E-state index in [0.717, 1.165) is 5.56 Å². The summed E-state index contributed by atoms with van der Waals surface area (Å²) in [6.07, 6.45) is 3.75. The molecule has 5 heteroatoms. The van der Waals surface area contributed by atoms with Crippen LogP contribution >= 0.6 is 0 Å². The normalized spacial score (nSPS) is 13.7. The highest BCUT2D eigenvalue weighted by molar-refractivity contribution is 5.96. The van der Waals surface area contributed by atoms with Gasteiger partial charge in [-0.25, -0.2) is 4.79 Å². The molecular weight excluding hydrogens is 232 g/mol. The molecule has 0 saturated heterocycles. The van der Waals surface area contributed by atoms with E-state index >= 15 is 0 Å². The minimum atomic E-state index is -1.02. The largest absolute Gasteiger partial charge is 0.480 e. The summed E-state index contributed by atoms with van der Waals surface area (Å²) < 4.78 is 0. The molecule has 0 saturated carbocycles. The Morgan fingerprint density at radius 3 is 2.61 bits per heavy atom. The average molecular weight is 250 g/mol. The number of pyridine rings is 1. The molecular formula is C13H18N2O3. The number of rotatable bonds is 5. The molecule has 2 atom stereocenters. The Morgan fingerprint density at radius 1 is 1.44 bits per heavy atom. The predicted octanol–water partition coefficient (Wildman–Crippen LogP) is 1.62. The molecule has 0 spiro atoms. The number of carboxylic acids is 1. The number of carbonyl (C=O) groups is 2. The van der Waals surface area contributed by atoms with Gasteiger partial charge in [0.2, 0.25) is 0 Å². The zero-order chi connectivity index (χ0) is 13.7. The molecule has 0 aromatic carbocycles. The Kier molecular flexibility index (Phi) is 4.83. The minimum absolute atomic E-state index is 0.121.